The van der Waals surface area contributed by atoms with Crippen molar-refractivity contribution in [2.24, 2.45) is 11.7 Å². The van der Waals surface area contributed by atoms with E-state index >= 15 is 0 Å². The number of rotatable bonds is 8. The molecule has 0 aliphatic carbocycles. The quantitative estimate of drug-likeness (QED) is 0.487. The molecular weight excluding hydrogens is 480 g/mol. The van der Waals surface area contributed by atoms with Crippen LogP contribution in [0.5, 0.6) is 11.6 Å². The van der Waals surface area contributed by atoms with Crippen LogP contribution in [0.4, 0.5) is 5.82 Å². The first-order valence-corrected chi connectivity index (χ1v) is 13.1. The van der Waals surface area contributed by atoms with Gasteiger partial charge in [-0.25, -0.2) is 18.4 Å². The Morgan fingerprint density at radius 3 is 2.61 bits per heavy atom. The van der Waals surface area contributed by atoms with Gasteiger partial charge in [-0.1, -0.05) is 25.1 Å². The van der Waals surface area contributed by atoms with E-state index in [0.29, 0.717) is 18.2 Å². The molecule has 1 atom stereocenters. The van der Waals surface area contributed by atoms with Gasteiger partial charge in [0.15, 0.2) is 5.03 Å². The number of hydrogen-bond donors (Lipinski definition) is 1. The fraction of sp³-hybridized carbons (Fsp3) is 0.346. The van der Waals surface area contributed by atoms with E-state index in [1.54, 1.807) is 13.2 Å². The molecule has 3 heterocycles. The monoisotopic (exact) mass is 510 g/mol. The van der Waals surface area contributed by atoms with Gasteiger partial charge in [-0.15, -0.1) is 0 Å². The molecule has 1 aliphatic rings. The summed E-state index contributed by atoms with van der Waals surface area (Å²) in [4.78, 5) is 22.9. The minimum Gasteiger partial charge on any atom is -0.497 e. The summed E-state index contributed by atoms with van der Waals surface area (Å²) >= 11 is 0. The highest BCUT2D eigenvalue weighted by atomic mass is 32.2. The van der Waals surface area contributed by atoms with Crippen LogP contribution in [0, 0.1) is 5.92 Å². The van der Waals surface area contributed by atoms with Crippen molar-refractivity contribution < 1.29 is 22.7 Å². The first kappa shape index (κ1) is 25.4. The molecule has 10 heteroatoms. The van der Waals surface area contributed by atoms with Gasteiger partial charge in [0.1, 0.15) is 23.7 Å². The summed E-state index contributed by atoms with van der Waals surface area (Å²) in [6.07, 6.45) is 2.26. The molecule has 36 heavy (non-hydrogen) atoms. The highest BCUT2D eigenvalue weighted by Gasteiger charge is 2.40. The van der Waals surface area contributed by atoms with Crippen molar-refractivity contribution in [3.8, 4) is 11.6 Å². The minimum absolute atomic E-state index is 0.128. The van der Waals surface area contributed by atoms with Gasteiger partial charge in [0, 0.05) is 24.3 Å². The number of nitrogens with two attached hydrogens (primary N) is 1. The molecule has 2 N–H and O–H groups in total. The number of benzene rings is 1. The summed E-state index contributed by atoms with van der Waals surface area (Å²) in [5.41, 5.74) is 6.11. The second-order valence-corrected chi connectivity index (χ2v) is 11.4. The molecule has 2 aromatic heterocycles. The minimum atomic E-state index is -4.21. The molecule has 1 unspecified atom stereocenters. The van der Waals surface area contributed by atoms with Gasteiger partial charge in [-0.05, 0) is 56.0 Å². The van der Waals surface area contributed by atoms with Crippen LogP contribution in [-0.2, 0) is 16.4 Å². The third-order valence-corrected chi connectivity index (χ3v) is 7.95. The van der Waals surface area contributed by atoms with E-state index in [4.69, 9.17) is 15.2 Å². The van der Waals surface area contributed by atoms with Gasteiger partial charge in [0.2, 0.25) is 15.7 Å². The zero-order valence-corrected chi connectivity index (χ0v) is 21.6. The molecule has 3 aromatic rings. The average molecular weight is 511 g/mol. The van der Waals surface area contributed by atoms with Crippen LogP contribution in [0.15, 0.2) is 64.6 Å². The summed E-state index contributed by atoms with van der Waals surface area (Å²) in [6, 6.07) is 13.1. The van der Waals surface area contributed by atoms with Gasteiger partial charge < -0.3 is 20.1 Å². The van der Waals surface area contributed by atoms with Gasteiger partial charge in [-0.2, -0.15) is 0 Å². The van der Waals surface area contributed by atoms with E-state index in [9.17, 15) is 13.2 Å². The lowest BCUT2D eigenvalue weighted by Crippen LogP contribution is -2.40. The number of primary amides is 1. The third kappa shape index (κ3) is 4.99. The number of amides is 1. The zero-order chi connectivity index (χ0) is 26.1. The van der Waals surface area contributed by atoms with Crippen molar-refractivity contribution in [2.45, 2.75) is 49.3 Å². The third-order valence-electron chi connectivity index (χ3n) is 6.25. The predicted molar refractivity (Wildman–Crippen MR) is 135 cm³/mol. The lowest BCUT2D eigenvalue weighted by molar-refractivity contribution is 0.0997. The van der Waals surface area contributed by atoms with E-state index in [2.05, 4.69) is 16.9 Å². The Hall–Kier alpha value is -3.66. The van der Waals surface area contributed by atoms with Crippen LogP contribution in [0.25, 0.3) is 0 Å². The zero-order valence-electron chi connectivity index (χ0n) is 20.8. The number of anilines is 1. The number of pyridine rings is 2. The Labute approximate surface area is 211 Å². The molecule has 4 rings (SSSR count). The summed E-state index contributed by atoms with van der Waals surface area (Å²) in [5, 5.41) is -0.251. The van der Waals surface area contributed by atoms with Crippen molar-refractivity contribution in [1.29, 1.82) is 0 Å². The van der Waals surface area contributed by atoms with Crippen LogP contribution in [-0.4, -0.2) is 43.5 Å². The highest BCUT2D eigenvalue weighted by molar-refractivity contribution is 7.91. The van der Waals surface area contributed by atoms with Crippen LogP contribution < -0.4 is 20.1 Å². The maximum absolute atomic E-state index is 13.7. The molecule has 1 fully saturated rings. The SMILES string of the molecule is COc1cccc(COc2cccc(S(=O)(=O)c3ccnc(N4CC(C)CC4(C)C)c3C(N)=O)n2)c1. The number of hydrogen-bond acceptors (Lipinski definition) is 8. The number of carbonyl (C=O) groups is 1. The number of carbonyl (C=O) groups excluding carboxylic acids is 1. The first-order chi connectivity index (χ1) is 17.0. The van der Waals surface area contributed by atoms with Gasteiger partial charge in [0.25, 0.3) is 5.91 Å². The van der Waals surface area contributed by atoms with Crippen LogP contribution in [0.1, 0.15) is 43.1 Å². The number of nitrogens with zero attached hydrogens (tertiary/aromatic N) is 3. The van der Waals surface area contributed by atoms with Gasteiger partial charge in [-0.3, -0.25) is 4.79 Å². The van der Waals surface area contributed by atoms with Crippen molar-refractivity contribution in [2.75, 3.05) is 18.6 Å². The van der Waals surface area contributed by atoms with Crippen molar-refractivity contribution in [1.82, 2.24) is 9.97 Å². The van der Waals surface area contributed by atoms with Crippen LogP contribution in [0.2, 0.25) is 0 Å². The van der Waals surface area contributed by atoms with Crippen molar-refractivity contribution >= 4 is 21.6 Å². The van der Waals surface area contributed by atoms with E-state index in [1.165, 1.54) is 24.4 Å². The second kappa shape index (κ2) is 9.77. The van der Waals surface area contributed by atoms with E-state index < -0.39 is 15.7 Å². The first-order valence-electron chi connectivity index (χ1n) is 11.6. The maximum atomic E-state index is 13.7. The molecule has 1 saturated heterocycles. The molecule has 1 amide bonds. The summed E-state index contributed by atoms with van der Waals surface area (Å²) < 4.78 is 38.3. The molecule has 0 spiro atoms. The molecule has 0 saturated carbocycles. The summed E-state index contributed by atoms with van der Waals surface area (Å²) in [7, 11) is -2.64. The smallest absolute Gasteiger partial charge is 0.253 e. The molecule has 1 aromatic carbocycles. The highest BCUT2D eigenvalue weighted by Crippen LogP contribution is 2.39. The predicted octanol–water partition coefficient (Wildman–Crippen LogP) is 3.62. The Balaban J connectivity index is 1.69. The van der Waals surface area contributed by atoms with E-state index in [1.807, 2.05) is 43.0 Å². The number of aromatic nitrogens is 2. The standard InChI is InChI=1S/C26H30N4O5S/c1-17-14-26(2,3)30(15-17)25-23(24(27)31)20(11-12-28-25)36(32,33)22-10-6-9-21(29-22)35-16-18-7-5-8-19(13-18)34-4/h5-13,17H,14-16H2,1-4H3,(H2,27,31). The fourth-order valence-corrected chi connectivity index (χ4v) is 6.11. The lowest BCUT2D eigenvalue weighted by atomic mass is 9.97. The van der Waals surface area contributed by atoms with E-state index in [0.717, 1.165) is 12.0 Å². The molecular formula is C26H30N4O5S. The second-order valence-electron chi connectivity index (χ2n) is 9.56. The molecule has 1 aliphatic heterocycles. The molecule has 9 nitrogen and oxygen atoms in total. The van der Waals surface area contributed by atoms with Crippen LogP contribution >= 0.6 is 0 Å². The molecule has 190 valence electrons. The maximum Gasteiger partial charge on any atom is 0.253 e. The lowest BCUT2D eigenvalue weighted by Gasteiger charge is -2.33. The van der Waals surface area contributed by atoms with Crippen LogP contribution in [0.3, 0.4) is 0 Å². The topological polar surface area (TPSA) is 125 Å². The Bertz CT molecular complexity index is 1390. The van der Waals surface area contributed by atoms with Crippen molar-refractivity contribution in [3.05, 3.63) is 65.9 Å². The molecule has 0 radical (unpaired) electrons. The van der Waals surface area contributed by atoms with Crippen molar-refractivity contribution in [3.63, 3.8) is 0 Å². The number of ether oxygens (including phenoxy) is 2. The largest absolute Gasteiger partial charge is 0.497 e. The Morgan fingerprint density at radius 1 is 1.19 bits per heavy atom. The van der Waals surface area contributed by atoms with Gasteiger partial charge >= 0.3 is 0 Å². The normalized spacial score (nSPS) is 17.1. The Kier molecular flexibility index (Phi) is 6.90. The van der Waals surface area contributed by atoms with Gasteiger partial charge in [0.05, 0.1) is 12.0 Å². The summed E-state index contributed by atoms with van der Waals surface area (Å²) in [6.45, 7) is 6.98. The Morgan fingerprint density at radius 2 is 1.94 bits per heavy atom. The number of methoxy groups -OCH3 is 1. The van der Waals surface area contributed by atoms with E-state index in [-0.39, 0.29) is 39.3 Å². The average Bonchev–Trinajstić information content (AvgIpc) is 3.13. The fourth-order valence-electron chi connectivity index (χ4n) is 4.71. The number of sulfone groups is 1. The summed E-state index contributed by atoms with van der Waals surface area (Å²) in [5.74, 6) is 0.565. The molecule has 0 bridgehead atoms.